The zero-order valence-corrected chi connectivity index (χ0v) is 15.3. The Hall–Kier alpha value is -2.28. The third-order valence-corrected chi connectivity index (χ3v) is 7.15. The van der Waals surface area contributed by atoms with Crippen LogP contribution in [0.5, 0.6) is 0 Å². The number of nitrogens with zero attached hydrogens (tertiary/aromatic N) is 1. The molecule has 4 rings (SSSR count). The van der Waals surface area contributed by atoms with Gasteiger partial charge in [-0.05, 0) is 18.1 Å². The molecule has 0 radical (unpaired) electrons. The van der Waals surface area contributed by atoms with Crippen molar-refractivity contribution in [1.29, 1.82) is 0 Å². The van der Waals surface area contributed by atoms with Crippen LogP contribution >= 0.6 is 11.8 Å². The second-order valence-corrected chi connectivity index (χ2v) is 8.02. The molecule has 2 heterocycles. The van der Waals surface area contributed by atoms with Crippen LogP contribution < -0.4 is 0 Å². The number of carbonyl (C=O) groups excluding carboxylic acids is 3. The summed E-state index contributed by atoms with van der Waals surface area (Å²) in [6, 6.07) is 8.20. The first kappa shape index (κ1) is 17.1. The van der Waals surface area contributed by atoms with Crippen LogP contribution in [0.3, 0.4) is 0 Å². The Morgan fingerprint density at radius 1 is 1.31 bits per heavy atom. The van der Waals surface area contributed by atoms with Crippen molar-refractivity contribution in [1.82, 2.24) is 4.90 Å². The fourth-order valence-electron chi connectivity index (χ4n) is 3.94. The number of hydrogen-bond acceptors (Lipinski definition) is 6. The number of carbonyl (C=O) groups is 3. The highest BCUT2D eigenvalue weighted by atomic mass is 32.2. The summed E-state index contributed by atoms with van der Waals surface area (Å²) < 4.78 is 10.3. The summed E-state index contributed by atoms with van der Waals surface area (Å²) in [6.45, 7) is 2.06. The number of hydrogen-bond donors (Lipinski definition) is 0. The van der Waals surface area contributed by atoms with Gasteiger partial charge in [0.25, 0.3) is 0 Å². The third kappa shape index (κ3) is 2.23. The molecular formula is C19H19NO5S. The molecule has 0 bridgehead atoms. The second-order valence-electron chi connectivity index (χ2n) is 6.77. The Balaban J connectivity index is 1.51. The summed E-state index contributed by atoms with van der Waals surface area (Å²) >= 11 is 1.65. The summed E-state index contributed by atoms with van der Waals surface area (Å²) in [5, 5.41) is 0. The molecule has 26 heavy (non-hydrogen) atoms. The van der Waals surface area contributed by atoms with Gasteiger partial charge in [-0.3, -0.25) is 4.79 Å². The summed E-state index contributed by atoms with van der Waals surface area (Å²) in [6.07, 6.45) is 1.86. The topological polar surface area (TPSA) is 72.9 Å². The highest BCUT2D eigenvalue weighted by Crippen LogP contribution is 2.63. The van der Waals surface area contributed by atoms with Gasteiger partial charge in [0, 0.05) is 11.3 Å². The monoisotopic (exact) mass is 373 g/mol. The number of thioether (sulfide) groups is 1. The molecular weight excluding hydrogens is 354 g/mol. The summed E-state index contributed by atoms with van der Waals surface area (Å²) in [4.78, 5) is 38.0. The van der Waals surface area contributed by atoms with E-state index in [1.165, 1.54) is 7.11 Å². The minimum Gasteiger partial charge on any atom is -0.467 e. The highest BCUT2D eigenvalue weighted by Gasteiger charge is 2.72. The zero-order chi connectivity index (χ0) is 18.5. The quantitative estimate of drug-likeness (QED) is 0.456. The number of benzene rings is 1. The van der Waals surface area contributed by atoms with Gasteiger partial charge in [0.2, 0.25) is 5.91 Å². The summed E-state index contributed by atoms with van der Waals surface area (Å²) in [5.74, 6) is -0.338. The molecule has 2 unspecified atom stereocenters. The van der Waals surface area contributed by atoms with Gasteiger partial charge in [0.15, 0.2) is 0 Å². The fourth-order valence-corrected chi connectivity index (χ4v) is 5.64. The molecule has 6 nitrogen and oxygen atoms in total. The molecule has 0 aromatic heterocycles. The van der Waals surface area contributed by atoms with E-state index >= 15 is 0 Å². The second kappa shape index (κ2) is 6.16. The van der Waals surface area contributed by atoms with E-state index in [1.807, 2.05) is 19.1 Å². The molecule has 1 aromatic rings. The van der Waals surface area contributed by atoms with Gasteiger partial charge in [-0.25, -0.2) is 9.59 Å². The predicted molar refractivity (Wildman–Crippen MR) is 95.3 cm³/mol. The van der Waals surface area contributed by atoms with Crippen molar-refractivity contribution < 1.29 is 23.9 Å². The van der Waals surface area contributed by atoms with E-state index in [4.69, 9.17) is 9.47 Å². The maximum absolute atomic E-state index is 12.5. The first-order valence-corrected chi connectivity index (χ1v) is 9.47. The van der Waals surface area contributed by atoms with E-state index in [0.29, 0.717) is 5.56 Å². The average molecular weight is 373 g/mol. The lowest BCUT2D eigenvalue weighted by molar-refractivity contribution is -0.176. The molecule has 2 saturated heterocycles. The lowest BCUT2D eigenvalue weighted by Gasteiger charge is -2.67. The van der Waals surface area contributed by atoms with Gasteiger partial charge in [0.1, 0.15) is 17.5 Å². The summed E-state index contributed by atoms with van der Waals surface area (Å²) in [5.41, 5.74) is 1.36. The lowest BCUT2D eigenvalue weighted by atomic mass is 9.69. The molecule has 2 fully saturated rings. The summed E-state index contributed by atoms with van der Waals surface area (Å²) in [7, 11) is 1.34. The molecule has 0 saturated carbocycles. The Bertz CT molecular complexity index is 807. The smallest absolute Gasteiger partial charge is 0.338 e. The maximum atomic E-state index is 12.5. The molecule has 1 aliphatic carbocycles. The first-order valence-electron chi connectivity index (χ1n) is 8.49. The van der Waals surface area contributed by atoms with Crippen molar-refractivity contribution in [3.8, 4) is 0 Å². The maximum Gasteiger partial charge on any atom is 0.338 e. The van der Waals surface area contributed by atoms with Gasteiger partial charge >= 0.3 is 11.9 Å². The SMILES string of the molecule is COC(=O)[C@@H]1[C@H](C)CSC23C(COC(=O)c4ccccc4)=CC2C(=O)N13. The average Bonchev–Trinajstić information content (AvgIpc) is 2.66. The minimum atomic E-state index is -0.585. The lowest BCUT2D eigenvalue weighted by Crippen LogP contribution is -2.80. The van der Waals surface area contributed by atoms with Crippen LogP contribution in [0.25, 0.3) is 0 Å². The van der Waals surface area contributed by atoms with Gasteiger partial charge in [-0.1, -0.05) is 31.2 Å². The number of rotatable bonds is 4. The Labute approximate surface area is 155 Å². The molecule has 3 aliphatic rings. The molecule has 136 valence electrons. The molecule has 0 N–H and O–H groups in total. The number of esters is 2. The van der Waals surface area contributed by atoms with Crippen molar-refractivity contribution in [2.45, 2.75) is 17.8 Å². The minimum absolute atomic E-state index is 0.0108. The van der Waals surface area contributed by atoms with Crippen LogP contribution in [0.15, 0.2) is 42.0 Å². The van der Waals surface area contributed by atoms with Gasteiger partial charge < -0.3 is 14.4 Å². The number of amides is 1. The standard InChI is InChI=1S/C19H19NO5S/c1-11-10-26-19-13(9-25-17(22)12-6-4-3-5-7-12)8-14(19)16(21)20(19)15(11)18(23)24-2/h3-8,11,14-15H,9-10H2,1-2H3/t11-,14?,15+,19?/m1/s1. The van der Waals surface area contributed by atoms with Crippen LogP contribution in [0.2, 0.25) is 0 Å². The predicted octanol–water partition coefficient (Wildman–Crippen LogP) is 1.86. The van der Waals surface area contributed by atoms with Crippen molar-refractivity contribution in [3.63, 3.8) is 0 Å². The van der Waals surface area contributed by atoms with E-state index in [0.717, 1.165) is 11.3 Å². The third-order valence-electron chi connectivity index (χ3n) is 5.31. The highest BCUT2D eigenvalue weighted by molar-refractivity contribution is 8.01. The van der Waals surface area contributed by atoms with Gasteiger partial charge in [-0.2, -0.15) is 0 Å². The van der Waals surface area contributed by atoms with Crippen LogP contribution in [0.1, 0.15) is 17.3 Å². The number of ether oxygens (including phenoxy) is 2. The Kier molecular flexibility index (Phi) is 4.06. The van der Waals surface area contributed by atoms with E-state index in [-0.39, 0.29) is 24.3 Å². The molecule has 1 amide bonds. The largest absolute Gasteiger partial charge is 0.467 e. The molecule has 4 atom stereocenters. The Morgan fingerprint density at radius 3 is 2.73 bits per heavy atom. The Morgan fingerprint density at radius 2 is 2.04 bits per heavy atom. The first-order chi connectivity index (χ1) is 12.5. The van der Waals surface area contributed by atoms with Crippen LogP contribution in [0, 0.1) is 11.8 Å². The molecule has 1 spiro atoms. The van der Waals surface area contributed by atoms with Crippen LogP contribution in [-0.2, 0) is 19.1 Å². The normalized spacial score (nSPS) is 31.6. The van der Waals surface area contributed by atoms with Gasteiger partial charge in [0.05, 0.1) is 18.6 Å². The van der Waals surface area contributed by atoms with E-state index < -0.39 is 22.9 Å². The van der Waals surface area contributed by atoms with Crippen molar-refractivity contribution >= 4 is 29.6 Å². The fraction of sp³-hybridized carbons (Fsp3) is 0.421. The number of β-lactam (4-membered cyclic amide) rings is 1. The molecule has 2 aliphatic heterocycles. The van der Waals surface area contributed by atoms with Crippen molar-refractivity contribution in [2.24, 2.45) is 11.8 Å². The van der Waals surface area contributed by atoms with Gasteiger partial charge in [-0.15, -0.1) is 11.8 Å². The van der Waals surface area contributed by atoms with E-state index in [1.54, 1.807) is 40.9 Å². The number of methoxy groups -OCH3 is 1. The molecule has 7 heteroatoms. The van der Waals surface area contributed by atoms with Crippen molar-refractivity contribution in [3.05, 3.63) is 47.5 Å². The molecule has 1 aromatic carbocycles. The van der Waals surface area contributed by atoms with E-state index in [9.17, 15) is 14.4 Å². The van der Waals surface area contributed by atoms with Crippen LogP contribution in [0.4, 0.5) is 0 Å². The zero-order valence-electron chi connectivity index (χ0n) is 14.5. The van der Waals surface area contributed by atoms with Crippen LogP contribution in [-0.4, -0.2) is 53.1 Å². The van der Waals surface area contributed by atoms with E-state index in [2.05, 4.69) is 0 Å². The van der Waals surface area contributed by atoms with Crippen molar-refractivity contribution in [2.75, 3.05) is 19.5 Å².